The van der Waals surface area contributed by atoms with Crippen molar-refractivity contribution in [2.24, 2.45) is 11.7 Å². The molecule has 3 aliphatic rings. The van der Waals surface area contributed by atoms with Crippen LogP contribution in [0.1, 0.15) is 44.2 Å². The standard InChI is InChI=1S/C34H48N6O10/c1-4-5-6-18-7-9-19(10-8-18)36-31(46)22-13-15-38(2)25(32(47)39(22)3)30(50-33-29(45)28(44)23(17-35)49-33)20-11-12-21(27(43)26(20)42)40-16-14-24(41)37-34(40)48/h7-10,13-14,16,20-21,23,25-30,33,42-45H,4-6,11-12,15,17,35H2,1-3H3,(H,36,46)(H,37,41,48)/t20-,21+,23+,25-,26+,27-,28+,29+,30+,33-/m0/s1. The fourth-order valence-electron chi connectivity index (χ4n) is 7.08. The summed E-state index contributed by atoms with van der Waals surface area (Å²) in [6.07, 6.45) is -3.53. The highest BCUT2D eigenvalue weighted by Crippen LogP contribution is 2.39. The summed E-state index contributed by atoms with van der Waals surface area (Å²) in [6.45, 7) is 2.09. The maximum absolute atomic E-state index is 14.3. The van der Waals surface area contributed by atoms with Gasteiger partial charge in [-0.25, -0.2) is 4.79 Å². The molecule has 2 fully saturated rings. The minimum atomic E-state index is -1.56. The van der Waals surface area contributed by atoms with Crippen molar-refractivity contribution in [2.45, 2.75) is 94.0 Å². The van der Waals surface area contributed by atoms with Crippen molar-refractivity contribution >= 4 is 17.5 Å². The number of carbonyl (C=O) groups is 2. The van der Waals surface area contributed by atoms with Gasteiger partial charge in [0.1, 0.15) is 36.2 Å². The van der Waals surface area contributed by atoms with Crippen LogP contribution < -0.4 is 22.3 Å². The molecule has 5 rings (SSSR count). The Morgan fingerprint density at radius 2 is 1.76 bits per heavy atom. The van der Waals surface area contributed by atoms with Gasteiger partial charge in [0.05, 0.1) is 18.2 Å². The van der Waals surface area contributed by atoms with Crippen LogP contribution >= 0.6 is 0 Å². The lowest BCUT2D eigenvalue weighted by molar-refractivity contribution is -0.229. The number of aromatic nitrogens is 2. The Morgan fingerprint density at radius 1 is 1.04 bits per heavy atom. The van der Waals surface area contributed by atoms with Crippen LogP contribution in [0.3, 0.4) is 0 Å². The third-order valence-corrected chi connectivity index (χ3v) is 10.0. The molecule has 2 amide bonds. The fraction of sp³-hybridized carbons (Fsp3) is 0.588. The van der Waals surface area contributed by atoms with E-state index in [0.717, 1.165) is 35.5 Å². The van der Waals surface area contributed by atoms with Crippen LogP contribution in [-0.4, -0.2) is 128 Å². The lowest BCUT2D eigenvalue weighted by Gasteiger charge is -2.45. The molecular weight excluding hydrogens is 652 g/mol. The second kappa shape index (κ2) is 16.1. The zero-order chi connectivity index (χ0) is 36.3. The maximum atomic E-state index is 14.3. The molecule has 0 radical (unpaired) electrons. The van der Waals surface area contributed by atoms with Gasteiger partial charge in [-0.05, 0) is 56.5 Å². The third kappa shape index (κ3) is 7.77. The van der Waals surface area contributed by atoms with Gasteiger partial charge in [-0.15, -0.1) is 0 Å². The van der Waals surface area contributed by atoms with Crippen LogP contribution in [0.15, 0.2) is 57.9 Å². The molecule has 16 heteroatoms. The average Bonchev–Trinajstić information content (AvgIpc) is 3.30. The number of amides is 2. The normalized spacial score (nSPS) is 31.3. The molecule has 0 spiro atoms. The van der Waals surface area contributed by atoms with Crippen molar-refractivity contribution in [1.29, 1.82) is 0 Å². The van der Waals surface area contributed by atoms with E-state index < -0.39 is 84.0 Å². The Balaban J connectivity index is 1.41. The number of ether oxygens (including phenoxy) is 2. The molecule has 50 heavy (non-hydrogen) atoms. The summed E-state index contributed by atoms with van der Waals surface area (Å²) in [5.41, 5.74) is 6.13. The predicted octanol–water partition coefficient (Wildman–Crippen LogP) is -1.36. The number of likely N-dealkylation sites (N-methyl/N-ethyl adjacent to an activating group) is 2. The quantitative estimate of drug-likeness (QED) is 0.144. The number of benzene rings is 1. The smallest absolute Gasteiger partial charge is 0.328 e. The van der Waals surface area contributed by atoms with Crippen LogP contribution in [0.2, 0.25) is 0 Å². The lowest BCUT2D eigenvalue weighted by atomic mass is 9.76. The number of anilines is 1. The number of H-pyrrole nitrogens is 1. The molecule has 0 unspecified atom stereocenters. The number of nitrogens with zero attached hydrogens (tertiary/aromatic N) is 3. The average molecular weight is 701 g/mol. The highest BCUT2D eigenvalue weighted by atomic mass is 16.7. The van der Waals surface area contributed by atoms with Crippen molar-refractivity contribution in [3.05, 3.63) is 74.7 Å². The molecular formula is C34H48N6O10. The molecule has 16 nitrogen and oxygen atoms in total. The van der Waals surface area contributed by atoms with E-state index in [9.17, 15) is 39.6 Å². The molecule has 1 saturated heterocycles. The van der Waals surface area contributed by atoms with E-state index >= 15 is 0 Å². The van der Waals surface area contributed by atoms with Gasteiger partial charge in [0.25, 0.3) is 11.5 Å². The minimum Gasteiger partial charge on any atom is -0.390 e. The van der Waals surface area contributed by atoms with E-state index in [1.807, 2.05) is 12.1 Å². The highest BCUT2D eigenvalue weighted by molar-refractivity contribution is 6.06. The first-order valence-electron chi connectivity index (χ1n) is 17.0. The molecule has 1 saturated carbocycles. The summed E-state index contributed by atoms with van der Waals surface area (Å²) in [5, 5.41) is 47.1. The summed E-state index contributed by atoms with van der Waals surface area (Å²) < 4.78 is 13.1. The van der Waals surface area contributed by atoms with Crippen LogP contribution in [0.25, 0.3) is 0 Å². The topological polar surface area (TPSA) is 233 Å². The largest absolute Gasteiger partial charge is 0.390 e. The molecule has 0 bridgehead atoms. The number of carbonyl (C=O) groups excluding carboxylic acids is 2. The van der Waals surface area contributed by atoms with E-state index in [1.54, 1.807) is 30.2 Å². The predicted molar refractivity (Wildman–Crippen MR) is 181 cm³/mol. The van der Waals surface area contributed by atoms with Crippen molar-refractivity contribution in [3.63, 3.8) is 0 Å². The van der Waals surface area contributed by atoms with Crippen molar-refractivity contribution in [2.75, 3.05) is 32.5 Å². The first-order chi connectivity index (χ1) is 23.9. The molecule has 1 aromatic heterocycles. The Bertz CT molecular complexity index is 1650. The van der Waals surface area contributed by atoms with Gasteiger partial charge in [0.15, 0.2) is 6.29 Å². The third-order valence-electron chi connectivity index (χ3n) is 10.0. The zero-order valence-electron chi connectivity index (χ0n) is 28.4. The van der Waals surface area contributed by atoms with Crippen LogP contribution in [0.4, 0.5) is 5.69 Å². The Hall–Kier alpha value is -3.74. The summed E-state index contributed by atoms with van der Waals surface area (Å²) in [7, 11) is 3.08. The van der Waals surface area contributed by atoms with E-state index in [0.29, 0.717) is 5.69 Å². The molecule has 274 valence electrons. The number of aryl methyl sites for hydroxylation is 1. The fourth-order valence-corrected chi connectivity index (χ4v) is 7.08. The highest BCUT2D eigenvalue weighted by Gasteiger charge is 2.52. The molecule has 1 aliphatic carbocycles. The van der Waals surface area contributed by atoms with Crippen LogP contribution in [0.5, 0.6) is 0 Å². The monoisotopic (exact) mass is 700 g/mol. The number of aliphatic hydroxyl groups is 4. The Morgan fingerprint density at radius 3 is 2.40 bits per heavy atom. The number of aromatic amines is 1. The first-order valence-corrected chi connectivity index (χ1v) is 17.0. The number of rotatable bonds is 11. The van der Waals surface area contributed by atoms with Crippen molar-refractivity contribution in [1.82, 2.24) is 19.4 Å². The Labute approximate surface area is 289 Å². The number of unbranched alkanes of at least 4 members (excludes halogenated alkanes) is 1. The SMILES string of the molecule is CCCCc1ccc(NC(=O)C2=CCN(C)[C@@H]([C@H](O[C@@H]3O[C@H](CN)[C@@H](O)[C@H]3O)[C@H]3CC[C@@H](n4ccc(=O)[nH]c4=O)[C@H](O)[C@@H]3O)C(=O)N2C)cc1. The van der Waals surface area contributed by atoms with Crippen LogP contribution in [-0.2, 0) is 25.5 Å². The lowest BCUT2D eigenvalue weighted by Crippen LogP contribution is -2.60. The maximum Gasteiger partial charge on any atom is 0.328 e. The van der Waals surface area contributed by atoms with E-state index in [4.69, 9.17) is 15.2 Å². The summed E-state index contributed by atoms with van der Waals surface area (Å²) in [4.78, 5) is 57.0. The van der Waals surface area contributed by atoms with E-state index in [2.05, 4.69) is 17.2 Å². The molecule has 2 aromatic rings. The molecule has 1 aromatic carbocycles. The van der Waals surface area contributed by atoms with Crippen molar-refractivity contribution in [3.8, 4) is 0 Å². The second-order valence-electron chi connectivity index (χ2n) is 13.3. The number of nitrogens with two attached hydrogens (primary N) is 1. The summed E-state index contributed by atoms with van der Waals surface area (Å²) in [5.74, 6) is -2.05. The van der Waals surface area contributed by atoms with Crippen LogP contribution in [0, 0.1) is 5.92 Å². The minimum absolute atomic E-state index is 0.0793. The first kappa shape index (κ1) is 37.5. The van der Waals surface area contributed by atoms with E-state index in [-0.39, 0.29) is 31.6 Å². The summed E-state index contributed by atoms with van der Waals surface area (Å²) in [6, 6.07) is 6.55. The zero-order valence-corrected chi connectivity index (χ0v) is 28.4. The molecule has 2 aliphatic heterocycles. The van der Waals surface area contributed by atoms with Gasteiger partial charge >= 0.3 is 5.69 Å². The van der Waals surface area contributed by atoms with Gasteiger partial charge in [-0.1, -0.05) is 25.5 Å². The van der Waals surface area contributed by atoms with Gasteiger partial charge in [-0.3, -0.25) is 28.8 Å². The molecule has 10 atom stereocenters. The molecule has 8 N–H and O–H groups in total. The van der Waals surface area contributed by atoms with Gasteiger partial charge in [0, 0.05) is 44.0 Å². The van der Waals surface area contributed by atoms with Gasteiger partial charge in [0.2, 0.25) is 5.91 Å². The number of hydrogen-bond donors (Lipinski definition) is 7. The number of nitrogens with one attached hydrogen (secondary N) is 2. The molecule has 3 heterocycles. The van der Waals surface area contributed by atoms with E-state index in [1.165, 1.54) is 18.1 Å². The number of hydrogen-bond acceptors (Lipinski definition) is 12. The van der Waals surface area contributed by atoms with Gasteiger partial charge < -0.3 is 45.9 Å². The second-order valence-corrected chi connectivity index (χ2v) is 13.3. The number of aliphatic hydroxyl groups excluding tert-OH is 4. The van der Waals surface area contributed by atoms with Crippen molar-refractivity contribution < 1.29 is 39.5 Å². The summed E-state index contributed by atoms with van der Waals surface area (Å²) >= 11 is 0. The van der Waals surface area contributed by atoms with Gasteiger partial charge in [-0.2, -0.15) is 0 Å². The Kier molecular flexibility index (Phi) is 12.1.